The van der Waals surface area contributed by atoms with Crippen molar-refractivity contribution in [2.24, 2.45) is 0 Å². The van der Waals surface area contributed by atoms with E-state index in [1.165, 1.54) is 31.5 Å². The normalized spacial score (nSPS) is 22.4. The summed E-state index contributed by atoms with van der Waals surface area (Å²) >= 11 is 0. The van der Waals surface area contributed by atoms with E-state index in [0.29, 0.717) is 6.04 Å². The summed E-state index contributed by atoms with van der Waals surface area (Å²) in [5, 5.41) is 3.60. The van der Waals surface area contributed by atoms with E-state index in [9.17, 15) is 0 Å². The molecule has 0 spiro atoms. The van der Waals surface area contributed by atoms with Crippen molar-refractivity contribution in [3.8, 4) is 0 Å². The predicted octanol–water partition coefficient (Wildman–Crippen LogP) is 2.37. The summed E-state index contributed by atoms with van der Waals surface area (Å²) in [6.45, 7) is 12.0. The summed E-state index contributed by atoms with van der Waals surface area (Å²) in [5.41, 5.74) is 1.30. The lowest BCUT2D eigenvalue weighted by Crippen LogP contribution is -2.45. The molecule has 1 fully saturated rings. The number of likely N-dealkylation sites (tertiary alicyclic amines) is 1. The molecule has 0 saturated carbocycles. The second kappa shape index (κ2) is 6.07. The first-order chi connectivity index (χ1) is 6.77. The Morgan fingerprint density at radius 2 is 2.29 bits per heavy atom. The monoisotopic (exact) mass is 196 g/mol. The molecule has 1 rings (SSSR count). The summed E-state index contributed by atoms with van der Waals surface area (Å²) in [4.78, 5) is 2.44. The molecule has 0 aromatic heterocycles. The highest BCUT2D eigenvalue weighted by atomic mass is 15.2. The number of allylic oxidation sites excluding steroid dienone is 1. The average molecular weight is 196 g/mol. The van der Waals surface area contributed by atoms with Crippen LogP contribution in [0, 0.1) is 0 Å². The fourth-order valence-electron chi connectivity index (χ4n) is 2.00. The number of nitrogens with one attached hydrogen (secondary N) is 1. The molecule has 1 atom stereocenters. The lowest BCUT2D eigenvalue weighted by atomic mass is 10.0. The molecule has 1 N–H and O–H groups in total. The maximum Gasteiger partial charge on any atom is 0.0328 e. The van der Waals surface area contributed by atoms with Crippen molar-refractivity contribution in [3.05, 3.63) is 12.3 Å². The van der Waals surface area contributed by atoms with Gasteiger partial charge in [0.1, 0.15) is 0 Å². The average Bonchev–Trinajstić information content (AvgIpc) is 2.25. The van der Waals surface area contributed by atoms with Crippen LogP contribution < -0.4 is 5.32 Å². The second-order valence-electron chi connectivity index (χ2n) is 4.16. The Morgan fingerprint density at radius 3 is 2.93 bits per heavy atom. The molecule has 14 heavy (non-hydrogen) atoms. The van der Waals surface area contributed by atoms with E-state index < -0.39 is 0 Å². The highest BCUT2D eigenvalue weighted by Crippen LogP contribution is 2.15. The first-order valence-corrected chi connectivity index (χ1v) is 5.94. The van der Waals surface area contributed by atoms with Gasteiger partial charge < -0.3 is 10.2 Å². The minimum absolute atomic E-state index is 0.687. The molecule has 0 aromatic rings. The Balaban J connectivity index is 2.31. The van der Waals surface area contributed by atoms with Crippen LogP contribution in [-0.2, 0) is 0 Å². The summed E-state index contributed by atoms with van der Waals surface area (Å²) in [6.07, 6.45) is 4.94. The van der Waals surface area contributed by atoms with Crippen LogP contribution >= 0.6 is 0 Å². The van der Waals surface area contributed by atoms with Crippen LogP contribution in [0.2, 0.25) is 0 Å². The smallest absolute Gasteiger partial charge is 0.0328 e. The molecule has 82 valence electrons. The van der Waals surface area contributed by atoms with Gasteiger partial charge in [0.2, 0.25) is 0 Å². The fourth-order valence-corrected chi connectivity index (χ4v) is 2.00. The molecule has 0 amide bonds. The van der Waals surface area contributed by atoms with E-state index in [2.05, 4.69) is 30.6 Å². The molecular weight excluding hydrogens is 172 g/mol. The van der Waals surface area contributed by atoms with Gasteiger partial charge in [0.15, 0.2) is 0 Å². The van der Waals surface area contributed by atoms with Crippen LogP contribution in [0.4, 0.5) is 0 Å². The topological polar surface area (TPSA) is 15.3 Å². The van der Waals surface area contributed by atoms with E-state index in [-0.39, 0.29) is 0 Å². The van der Waals surface area contributed by atoms with Crippen LogP contribution in [0.25, 0.3) is 0 Å². The summed E-state index contributed by atoms with van der Waals surface area (Å²) in [5.74, 6) is 0. The summed E-state index contributed by atoms with van der Waals surface area (Å²) in [7, 11) is 0. The third-order valence-electron chi connectivity index (χ3n) is 2.96. The number of piperidine rings is 1. The second-order valence-corrected chi connectivity index (χ2v) is 4.16. The lowest BCUT2D eigenvalue weighted by Gasteiger charge is -2.35. The Morgan fingerprint density at radius 1 is 1.50 bits per heavy atom. The Bertz CT molecular complexity index is 177. The lowest BCUT2D eigenvalue weighted by molar-refractivity contribution is 0.231. The highest BCUT2D eigenvalue weighted by Gasteiger charge is 2.18. The van der Waals surface area contributed by atoms with E-state index in [1.54, 1.807) is 0 Å². The number of hydrogen-bond acceptors (Lipinski definition) is 2. The van der Waals surface area contributed by atoms with Crippen molar-refractivity contribution >= 4 is 0 Å². The number of nitrogens with zero attached hydrogens (tertiary/aromatic N) is 1. The van der Waals surface area contributed by atoms with Crippen LogP contribution in [-0.4, -0.2) is 30.6 Å². The maximum absolute atomic E-state index is 4.11. The molecule has 0 bridgehead atoms. The zero-order chi connectivity index (χ0) is 10.4. The zero-order valence-electron chi connectivity index (χ0n) is 9.68. The van der Waals surface area contributed by atoms with Gasteiger partial charge in [-0.2, -0.15) is 0 Å². The van der Waals surface area contributed by atoms with E-state index in [4.69, 9.17) is 0 Å². The molecule has 1 heterocycles. The SMILES string of the molecule is C=C(CC)N1CCCC(NCCC)C1. The van der Waals surface area contributed by atoms with Gasteiger partial charge in [-0.15, -0.1) is 0 Å². The fraction of sp³-hybridized carbons (Fsp3) is 0.833. The van der Waals surface area contributed by atoms with Gasteiger partial charge in [-0.05, 0) is 32.2 Å². The minimum atomic E-state index is 0.687. The van der Waals surface area contributed by atoms with Crippen molar-refractivity contribution in [1.82, 2.24) is 10.2 Å². The third-order valence-corrected chi connectivity index (χ3v) is 2.96. The number of rotatable bonds is 5. The minimum Gasteiger partial charge on any atom is -0.374 e. The van der Waals surface area contributed by atoms with Gasteiger partial charge in [0, 0.05) is 24.8 Å². The molecule has 1 saturated heterocycles. The largest absolute Gasteiger partial charge is 0.374 e. The first-order valence-electron chi connectivity index (χ1n) is 5.94. The van der Waals surface area contributed by atoms with Crippen molar-refractivity contribution in [1.29, 1.82) is 0 Å². The number of hydrogen-bond donors (Lipinski definition) is 1. The van der Waals surface area contributed by atoms with Crippen LogP contribution in [0.1, 0.15) is 39.5 Å². The standard InChI is InChI=1S/C12H24N2/c1-4-8-13-12-7-6-9-14(10-12)11(3)5-2/h12-13H,3-10H2,1-2H3. The maximum atomic E-state index is 4.11. The van der Waals surface area contributed by atoms with Crippen LogP contribution in [0.15, 0.2) is 12.3 Å². The zero-order valence-corrected chi connectivity index (χ0v) is 9.68. The molecule has 1 aliphatic heterocycles. The van der Waals surface area contributed by atoms with Crippen molar-refractivity contribution in [3.63, 3.8) is 0 Å². The molecule has 0 aliphatic carbocycles. The molecule has 1 unspecified atom stereocenters. The summed E-state index contributed by atoms with van der Waals surface area (Å²) in [6, 6.07) is 0.687. The quantitative estimate of drug-likeness (QED) is 0.726. The van der Waals surface area contributed by atoms with Gasteiger partial charge in [0.05, 0.1) is 0 Å². The molecular formula is C12H24N2. The molecule has 2 heteroatoms. The van der Waals surface area contributed by atoms with Crippen molar-refractivity contribution < 1.29 is 0 Å². The van der Waals surface area contributed by atoms with Crippen molar-refractivity contribution in [2.75, 3.05) is 19.6 Å². The Kier molecular flexibility index (Phi) is 5.02. The summed E-state index contributed by atoms with van der Waals surface area (Å²) < 4.78 is 0. The van der Waals surface area contributed by atoms with Gasteiger partial charge in [0.25, 0.3) is 0 Å². The predicted molar refractivity (Wildman–Crippen MR) is 62.3 cm³/mol. The van der Waals surface area contributed by atoms with Crippen LogP contribution in [0.3, 0.4) is 0 Å². The van der Waals surface area contributed by atoms with Gasteiger partial charge in [-0.25, -0.2) is 0 Å². The van der Waals surface area contributed by atoms with E-state index in [0.717, 1.165) is 19.5 Å². The molecule has 0 radical (unpaired) electrons. The van der Waals surface area contributed by atoms with E-state index >= 15 is 0 Å². The van der Waals surface area contributed by atoms with Gasteiger partial charge in [-0.1, -0.05) is 20.4 Å². The van der Waals surface area contributed by atoms with Gasteiger partial charge >= 0.3 is 0 Å². The Labute approximate surface area is 88.4 Å². The van der Waals surface area contributed by atoms with Crippen LogP contribution in [0.5, 0.6) is 0 Å². The van der Waals surface area contributed by atoms with Crippen molar-refractivity contribution in [2.45, 2.75) is 45.6 Å². The highest BCUT2D eigenvalue weighted by molar-refractivity contribution is 4.96. The first kappa shape index (κ1) is 11.6. The molecule has 1 aliphatic rings. The van der Waals surface area contributed by atoms with Gasteiger partial charge in [-0.3, -0.25) is 0 Å². The third kappa shape index (κ3) is 3.33. The molecule has 0 aromatic carbocycles. The molecule has 2 nitrogen and oxygen atoms in total. The Hall–Kier alpha value is -0.500. The van der Waals surface area contributed by atoms with E-state index in [1.807, 2.05) is 0 Å².